The van der Waals surface area contributed by atoms with Crippen molar-refractivity contribution < 1.29 is 19.4 Å². The van der Waals surface area contributed by atoms with Gasteiger partial charge in [-0.25, -0.2) is 0 Å². The van der Waals surface area contributed by atoms with Crippen molar-refractivity contribution in [2.45, 2.75) is 32.2 Å². The molecule has 132 valence electrons. The van der Waals surface area contributed by atoms with E-state index in [1.807, 2.05) is 49.4 Å². The minimum Gasteiger partial charge on any atom is -0.484 e. The topological polar surface area (TPSA) is 75.6 Å². The molecule has 0 aliphatic rings. The fourth-order valence-electron chi connectivity index (χ4n) is 2.49. The minimum absolute atomic E-state index is 0.0249. The Balaban J connectivity index is 1.73. The first-order chi connectivity index (χ1) is 12.0. The molecule has 0 unspecified atom stereocenters. The SMILES string of the molecule is C[C@@H](Cc1ccccc1)NC(=O)COc1ccc(CCC(=O)O)cc1. The molecule has 25 heavy (non-hydrogen) atoms. The number of amides is 1. The third-order valence-electron chi connectivity index (χ3n) is 3.71. The molecule has 0 spiro atoms. The highest BCUT2D eigenvalue weighted by Crippen LogP contribution is 2.13. The number of rotatable bonds is 9. The van der Waals surface area contributed by atoms with E-state index in [0.717, 1.165) is 12.0 Å². The Kier molecular flexibility index (Phi) is 7.01. The van der Waals surface area contributed by atoms with Gasteiger partial charge in [0.15, 0.2) is 6.61 Å². The molecular weight excluding hydrogens is 318 g/mol. The number of nitrogens with one attached hydrogen (secondary N) is 1. The fourth-order valence-corrected chi connectivity index (χ4v) is 2.49. The van der Waals surface area contributed by atoms with Crippen molar-refractivity contribution in [1.29, 1.82) is 0 Å². The quantitative estimate of drug-likeness (QED) is 0.735. The summed E-state index contributed by atoms with van der Waals surface area (Å²) in [6.07, 6.45) is 1.35. The Bertz CT molecular complexity index is 683. The molecule has 2 rings (SSSR count). The van der Waals surface area contributed by atoms with Gasteiger partial charge in [0.2, 0.25) is 0 Å². The van der Waals surface area contributed by atoms with Gasteiger partial charge in [0, 0.05) is 12.5 Å². The van der Waals surface area contributed by atoms with E-state index in [4.69, 9.17) is 9.84 Å². The molecular formula is C20H23NO4. The van der Waals surface area contributed by atoms with Gasteiger partial charge in [0.05, 0.1) is 0 Å². The van der Waals surface area contributed by atoms with Crippen molar-refractivity contribution in [1.82, 2.24) is 5.32 Å². The summed E-state index contributed by atoms with van der Waals surface area (Å²) >= 11 is 0. The molecule has 0 aliphatic carbocycles. The van der Waals surface area contributed by atoms with Crippen molar-refractivity contribution >= 4 is 11.9 Å². The lowest BCUT2D eigenvalue weighted by molar-refractivity contribution is -0.137. The zero-order valence-corrected chi connectivity index (χ0v) is 14.3. The summed E-state index contributed by atoms with van der Waals surface area (Å²) in [4.78, 5) is 22.5. The van der Waals surface area contributed by atoms with Gasteiger partial charge in [-0.15, -0.1) is 0 Å². The van der Waals surface area contributed by atoms with Crippen molar-refractivity contribution in [3.63, 3.8) is 0 Å². The van der Waals surface area contributed by atoms with Crippen LogP contribution in [0, 0.1) is 0 Å². The summed E-state index contributed by atoms with van der Waals surface area (Å²) < 4.78 is 5.47. The number of ether oxygens (including phenoxy) is 1. The second-order valence-corrected chi connectivity index (χ2v) is 5.98. The van der Waals surface area contributed by atoms with E-state index < -0.39 is 5.97 Å². The largest absolute Gasteiger partial charge is 0.484 e. The van der Waals surface area contributed by atoms with E-state index in [2.05, 4.69) is 5.32 Å². The second kappa shape index (κ2) is 9.47. The van der Waals surface area contributed by atoms with Gasteiger partial charge in [0.1, 0.15) is 5.75 Å². The van der Waals surface area contributed by atoms with Crippen LogP contribution in [0.1, 0.15) is 24.5 Å². The first kappa shape index (κ1) is 18.5. The number of carbonyl (C=O) groups excluding carboxylic acids is 1. The van der Waals surface area contributed by atoms with E-state index >= 15 is 0 Å². The van der Waals surface area contributed by atoms with Crippen LogP contribution < -0.4 is 10.1 Å². The normalized spacial score (nSPS) is 11.6. The molecule has 0 saturated carbocycles. The first-order valence-electron chi connectivity index (χ1n) is 8.30. The van der Waals surface area contributed by atoms with Gasteiger partial charge in [-0.1, -0.05) is 42.5 Å². The van der Waals surface area contributed by atoms with E-state index in [1.54, 1.807) is 12.1 Å². The Morgan fingerprint density at radius 2 is 1.72 bits per heavy atom. The standard InChI is InChI=1S/C20H23NO4/c1-15(13-17-5-3-2-4-6-17)21-19(22)14-25-18-10-7-16(8-11-18)9-12-20(23)24/h2-8,10-11,15H,9,12-14H2,1H3,(H,21,22)(H,23,24)/t15-/m0/s1. The average Bonchev–Trinajstić information content (AvgIpc) is 2.59. The van der Waals surface area contributed by atoms with Crippen LogP contribution in [0.5, 0.6) is 5.75 Å². The monoisotopic (exact) mass is 341 g/mol. The number of hydrogen-bond acceptors (Lipinski definition) is 3. The summed E-state index contributed by atoms with van der Waals surface area (Å²) in [5, 5.41) is 11.6. The summed E-state index contributed by atoms with van der Waals surface area (Å²) in [5.41, 5.74) is 2.10. The molecule has 0 saturated heterocycles. The maximum absolute atomic E-state index is 12.0. The van der Waals surface area contributed by atoms with Crippen molar-refractivity contribution in [3.8, 4) is 5.75 Å². The van der Waals surface area contributed by atoms with Crippen LogP contribution in [0.15, 0.2) is 54.6 Å². The predicted molar refractivity (Wildman–Crippen MR) is 95.6 cm³/mol. The van der Waals surface area contributed by atoms with Crippen LogP contribution in [0.3, 0.4) is 0 Å². The van der Waals surface area contributed by atoms with Crippen LogP contribution in [0.25, 0.3) is 0 Å². The van der Waals surface area contributed by atoms with Crippen LogP contribution >= 0.6 is 0 Å². The van der Waals surface area contributed by atoms with E-state index in [1.165, 1.54) is 5.56 Å². The zero-order chi connectivity index (χ0) is 18.1. The van der Waals surface area contributed by atoms with Gasteiger partial charge >= 0.3 is 5.97 Å². The van der Waals surface area contributed by atoms with Crippen molar-refractivity contribution in [3.05, 3.63) is 65.7 Å². The fraction of sp³-hybridized carbons (Fsp3) is 0.300. The molecule has 0 radical (unpaired) electrons. The lowest BCUT2D eigenvalue weighted by atomic mass is 10.1. The molecule has 2 aromatic carbocycles. The average molecular weight is 341 g/mol. The maximum atomic E-state index is 12.0. The highest BCUT2D eigenvalue weighted by atomic mass is 16.5. The van der Waals surface area contributed by atoms with Crippen molar-refractivity contribution in [2.75, 3.05) is 6.61 Å². The first-order valence-corrected chi connectivity index (χ1v) is 8.30. The lowest BCUT2D eigenvalue weighted by Crippen LogP contribution is -2.37. The molecule has 5 nitrogen and oxygen atoms in total. The van der Waals surface area contributed by atoms with Crippen LogP contribution in [0.4, 0.5) is 0 Å². The third kappa shape index (κ3) is 7.08. The summed E-state index contributed by atoms with van der Waals surface area (Å²) in [5.74, 6) is -0.398. The Labute approximate surface area is 147 Å². The van der Waals surface area contributed by atoms with Gasteiger partial charge in [0.25, 0.3) is 5.91 Å². The molecule has 0 heterocycles. The molecule has 0 bridgehead atoms. The van der Waals surface area contributed by atoms with E-state index in [9.17, 15) is 9.59 Å². The molecule has 0 aromatic heterocycles. The Morgan fingerprint density at radius 3 is 2.36 bits per heavy atom. The van der Waals surface area contributed by atoms with Crippen LogP contribution in [-0.2, 0) is 22.4 Å². The van der Waals surface area contributed by atoms with Gasteiger partial charge in [-0.2, -0.15) is 0 Å². The highest BCUT2D eigenvalue weighted by Gasteiger charge is 2.09. The van der Waals surface area contributed by atoms with Crippen molar-refractivity contribution in [2.24, 2.45) is 0 Å². The van der Waals surface area contributed by atoms with Crippen LogP contribution in [-0.4, -0.2) is 29.6 Å². The minimum atomic E-state index is -0.818. The number of carboxylic acids is 1. The predicted octanol–water partition coefficient (Wildman–Crippen LogP) is 2.83. The molecule has 0 fully saturated rings. The van der Waals surface area contributed by atoms with Gasteiger partial charge in [-0.3, -0.25) is 9.59 Å². The number of benzene rings is 2. The summed E-state index contributed by atoms with van der Waals surface area (Å²) in [6.45, 7) is 1.91. The van der Waals surface area contributed by atoms with Gasteiger partial charge < -0.3 is 15.2 Å². The Hall–Kier alpha value is -2.82. The summed E-state index contributed by atoms with van der Waals surface area (Å²) in [6, 6.07) is 17.1. The maximum Gasteiger partial charge on any atom is 0.303 e. The van der Waals surface area contributed by atoms with Gasteiger partial charge in [-0.05, 0) is 43.0 Å². The number of aryl methyl sites for hydroxylation is 1. The summed E-state index contributed by atoms with van der Waals surface area (Å²) in [7, 11) is 0. The molecule has 5 heteroatoms. The van der Waals surface area contributed by atoms with E-state index in [0.29, 0.717) is 12.2 Å². The molecule has 1 amide bonds. The number of carboxylic acid groups (broad SMARTS) is 1. The smallest absolute Gasteiger partial charge is 0.303 e. The Morgan fingerprint density at radius 1 is 1.04 bits per heavy atom. The third-order valence-corrected chi connectivity index (χ3v) is 3.71. The number of hydrogen-bond donors (Lipinski definition) is 2. The number of carbonyl (C=O) groups is 2. The molecule has 1 atom stereocenters. The molecule has 0 aliphatic heterocycles. The molecule has 2 aromatic rings. The van der Waals surface area contributed by atoms with E-state index in [-0.39, 0.29) is 25.0 Å². The molecule has 2 N–H and O–H groups in total. The van der Waals surface area contributed by atoms with Crippen LogP contribution in [0.2, 0.25) is 0 Å². The highest BCUT2D eigenvalue weighted by molar-refractivity contribution is 5.77. The zero-order valence-electron chi connectivity index (χ0n) is 14.3. The second-order valence-electron chi connectivity index (χ2n) is 5.98. The number of aliphatic carboxylic acids is 1. The lowest BCUT2D eigenvalue weighted by Gasteiger charge is -2.14.